The fourth-order valence-electron chi connectivity index (χ4n) is 3.12. The highest BCUT2D eigenvalue weighted by molar-refractivity contribution is 5.89. The third kappa shape index (κ3) is 3.91. The lowest BCUT2D eigenvalue weighted by Gasteiger charge is -2.24. The van der Waals surface area contributed by atoms with Gasteiger partial charge in [-0.25, -0.2) is 4.79 Å². The number of rotatable bonds is 5. The van der Waals surface area contributed by atoms with E-state index in [1.165, 1.54) is 0 Å². The van der Waals surface area contributed by atoms with Gasteiger partial charge in [0.25, 0.3) is 0 Å². The molecule has 0 spiro atoms. The summed E-state index contributed by atoms with van der Waals surface area (Å²) in [6.07, 6.45) is 4.43. The zero-order valence-electron chi connectivity index (χ0n) is 14.2. The molecule has 7 heteroatoms. The van der Waals surface area contributed by atoms with E-state index in [2.05, 4.69) is 27.5 Å². The Morgan fingerprint density at radius 3 is 2.83 bits per heavy atom. The van der Waals surface area contributed by atoms with Gasteiger partial charge >= 0.3 is 6.03 Å². The van der Waals surface area contributed by atoms with E-state index in [4.69, 9.17) is 0 Å². The van der Waals surface area contributed by atoms with Crippen molar-refractivity contribution in [2.24, 2.45) is 5.92 Å². The van der Waals surface area contributed by atoms with Crippen LogP contribution in [-0.4, -0.2) is 63.8 Å². The molecule has 1 saturated heterocycles. The molecular weight excluding hydrogens is 304 g/mol. The second kappa shape index (κ2) is 7.44. The number of anilines is 1. The molecule has 2 amide bonds. The second-order valence-electron chi connectivity index (χ2n) is 6.31. The van der Waals surface area contributed by atoms with Crippen molar-refractivity contribution in [2.75, 3.05) is 38.5 Å². The van der Waals surface area contributed by atoms with Crippen LogP contribution in [-0.2, 0) is 0 Å². The van der Waals surface area contributed by atoms with Gasteiger partial charge in [0.2, 0.25) is 0 Å². The number of carbonyl (C=O) groups is 1. The number of nitrogens with zero attached hydrogens (tertiary/aromatic N) is 5. The van der Waals surface area contributed by atoms with Crippen LogP contribution in [0.4, 0.5) is 10.5 Å². The van der Waals surface area contributed by atoms with Crippen LogP contribution in [0.2, 0.25) is 0 Å². The highest BCUT2D eigenvalue weighted by atomic mass is 16.2. The minimum absolute atomic E-state index is 0.0482. The van der Waals surface area contributed by atoms with Gasteiger partial charge in [0.1, 0.15) is 12.7 Å². The Balaban J connectivity index is 1.63. The summed E-state index contributed by atoms with van der Waals surface area (Å²) in [5.74, 6) is 0.559. The van der Waals surface area contributed by atoms with E-state index in [1.807, 2.05) is 40.7 Å². The van der Waals surface area contributed by atoms with Crippen LogP contribution < -0.4 is 5.32 Å². The van der Waals surface area contributed by atoms with E-state index in [9.17, 15) is 4.79 Å². The summed E-state index contributed by atoms with van der Waals surface area (Å²) in [5, 5.41) is 10.6. The van der Waals surface area contributed by atoms with Gasteiger partial charge in [-0.15, -0.1) is 10.2 Å². The SMILES string of the molecule is CCN(C[C@@H]1CCN(C)C1)C(=O)Nc1cccc(-n2cnnc2)c1. The first kappa shape index (κ1) is 16.4. The first-order chi connectivity index (χ1) is 11.7. The maximum Gasteiger partial charge on any atom is 0.321 e. The second-order valence-corrected chi connectivity index (χ2v) is 6.31. The van der Waals surface area contributed by atoms with Crippen molar-refractivity contribution < 1.29 is 4.79 Å². The lowest BCUT2D eigenvalue weighted by molar-refractivity contribution is 0.204. The van der Waals surface area contributed by atoms with Crippen LogP contribution in [0.25, 0.3) is 5.69 Å². The van der Waals surface area contributed by atoms with Crippen molar-refractivity contribution in [2.45, 2.75) is 13.3 Å². The molecule has 24 heavy (non-hydrogen) atoms. The summed E-state index contributed by atoms with van der Waals surface area (Å²) in [6.45, 7) is 5.71. The smallest absolute Gasteiger partial charge is 0.321 e. The van der Waals surface area contributed by atoms with Crippen molar-refractivity contribution in [3.63, 3.8) is 0 Å². The zero-order chi connectivity index (χ0) is 16.9. The summed E-state index contributed by atoms with van der Waals surface area (Å²) in [4.78, 5) is 16.8. The Kier molecular flexibility index (Phi) is 5.10. The number of carbonyl (C=O) groups excluding carboxylic acids is 1. The molecule has 1 aromatic carbocycles. The molecule has 2 heterocycles. The maximum absolute atomic E-state index is 12.6. The van der Waals surface area contributed by atoms with Gasteiger partial charge in [0.05, 0.1) is 5.69 Å². The normalized spacial score (nSPS) is 17.8. The molecule has 1 N–H and O–H groups in total. The van der Waals surface area contributed by atoms with Gasteiger partial charge in [-0.2, -0.15) is 0 Å². The van der Waals surface area contributed by atoms with Gasteiger partial charge in [0.15, 0.2) is 0 Å². The van der Waals surface area contributed by atoms with E-state index < -0.39 is 0 Å². The van der Waals surface area contributed by atoms with Crippen LogP contribution in [0.3, 0.4) is 0 Å². The largest absolute Gasteiger partial charge is 0.324 e. The first-order valence-corrected chi connectivity index (χ1v) is 8.35. The Hall–Kier alpha value is -2.41. The standard InChI is InChI=1S/C17H24N6O/c1-3-22(11-14-7-8-21(2)10-14)17(24)20-15-5-4-6-16(9-15)23-12-18-19-13-23/h4-6,9,12-14H,3,7-8,10-11H2,1-2H3,(H,20,24)/t14-/m1/s1. The number of nitrogens with one attached hydrogen (secondary N) is 1. The van der Waals surface area contributed by atoms with E-state index in [-0.39, 0.29) is 6.03 Å². The summed E-state index contributed by atoms with van der Waals surface area (Å²) < 4.78 is 1.81. The lowest BCUT2D eigenvalue weighted by atomic mass is 10.1. The van der Waals surface area contributed by atoms with Gasteiger partial charge in [-0.1, -0.05) is 6.07 Å². The minimum atomic E-state index is -0.0482. The van der Waals surface area contributed by atoms with Crippen LogP contribution in [0, 0.1) is 5.92 Å². The average molecular weight is 328 g/mol. The third-order valence-electron chi connectivity index (χ3n) is 4.45. The highest BCUT2D eigenvalue weighted by Gasteiger charge is 2.23. The van der Waals surface area contributed by atoms with Gasteiger partial charge < -0.3 is 15.1 Å². The fraction of sp³-hybridized carbons (Fsp3) is 0.471. The number of urea groups is 1. The molecule has 1 aliphatic rings. The first-order valence-electron chi connectivity index (χ1n) is 8.35. The predicted molar refractivity (Wildman–Crippen MR) is 93.2 cm³/mol. The summed E-state index contributed by atoms with van der Waals surface area (Å²) >= 11 is 0. The number of hydrogen-bond donors (Lipinski definition) is 1. The Morgan fingerprint density at radius 2 is 2.17 bits per heavy atom. The Labute approximate surface area is 142 Å². The molecule has 128 valence electrons. The van der Waals surface area contributed by atoms with Crippen molar-refractivity contribution in [1.29, 1.82) is 0 Å². The molecule has 0 unspecified atom stereocenters. The third-order valence-corrected chi connectivity index (χ3v) is 4.45. The van der Waals surface area contributed by atoms with Gasteiger partial charge in [-0.3, -0.25) is 4.57 Å². The molecule has 7 nitrogen and oxygen atoms in total. The van der Waals surface area contributed by atoms with Crippen molar-refractivity contribution in [3.05, 3.63) is 36.9 Å². The zero-order valence-corrected chi connectivity index (χ0v) is 14.2. The molecule has 1 atom stereocenters. The quantitative estimate of drug-likeness (QED) is 0.912. The minimum Gasteiger partial charge on any atom is -0.324 e. The molecular formula is C17H24N6O. The number of hydrogen-bond acceptors (Lipinski definition) is 4. The van der Waals surface area contributed by atoms with Crippen LogP contribution in [0.5, 0.6) is 0 Å². The molecule has 0 radical (unpaired) electrons. The Bertz CT molecular complexity index is 671. The summed E-state index contributed by atoms with van der Waals surface area (Å²) in [7, 11) is 2.13. The molecule has 0 bridgehead atoms. The van der Waals surface area contributed by atoms with E-state index in [0.29, 0.717) is 12.5 Å². The molecule has 0 aliphatic carbocycles. The number of aromatic nitrogens is 3. The Morgan fingerprint density at radius 1 is 1.38 bits per heavy atom. The highest BCUT2D eigenvalue weighted by Crippen LogP contribution is 2.18. The van der Waals surface area contributed by atoms with Crippen molar-refractivity contribution in [1.82, 2.24) is 24.6 Å². The summed E-state index contributed by atoms with van der Waals surface area (Å²) in [5.41, 5.74) is 1.69. The maximum atomic E-state index is 12.6. The van der Waals surface area contributed by atoms with Crippen LogP contribution in [0.1, 0.15) is 13.3 Å². The monoisotopic (exact) mass is 328 g/mol. The molecule has 2 aromatic rings. The lowest BCUT2D eigenvalue weighted by Crippen LogP contribution is -2.38. The van der Waals surface area contributed by atoms with E-state index >= 15 is 0 Å². The van der Waals surface area contributed by atoms with Crippen molar-refractivity contribution in [3.8, 4) is 5.69 Å². The van der Waals surface area contributed by atoms with Gasteiger partial charge in [-0.05, 0) is 51.1 Å². The molecule has 3 rings (SSSR count). The van der Waals surface area contributed by atoms with Crippen molar-refractivity contribution >= 4 is 11.7 Å². The van der Waals surface area contributed by atoms with Crippen LogP contribution >= 0.6 is 0 Å². The number of amides is 2. The molecule has 0 saturated carbocycles. The topological polar surface area (TPSA) is 66.3 Å². The summed E-state index contributed by atoms with van der Waals surface area (Å²) in [6, 6.07) is 7.62. The number of benzene rings is 1. The molecule has 1 aromatic heterocycles. The van der Waals surface area contributed by atoms with E-state index in [1.54, 1.807) is 12.7 Å². The predicted octanol–water partition coefficient (Wildman–Crippen LogP) is 2.07. The van der Waals surface area contributed by atoms with Crippen LogP contribution in [0.15, 0.2) is 36.9 Å². The average Bonchev–Trinajstić information content (AvgIpc) is 3.24. The molecule has 1 aliphatic heterocycles. The van der Waals surface area contributed by atoms with Gasteiger partial charge in [0, 0.05) is 25.3 Å². The molecule has 1 fully saturated rings. The van der Waals surface area contributed by atoms with E-state index in [0.717, 1.165) is 37.4 Å². The number of likely N-dealkylation sites (tertiary alicyclic amines) is 1. The fourth-order valence-corrected chi connectivity index (χ4v) is 3.12.